The number of nitrogens with zero attached hydrogens (tertiary/aromatic N) is 3. The second-order valence-corrected chi connectivity index (χ2v) is 9.38. The largest absolute Gasteiger partial charge is 0.336 e. The number of amides is 1. The predicted octanol–water partition coefficient (Wildman–Crippen LogP) is 4.44. The van der Waals surface area contributed by atoms with E-state index in [4.69, 9.17) is 0 Å². The normalized spacial score (nSPS) is 15.2. The molecule has 1 aromatic heterocycles. The molecule has 5 nitrogen and oxygen atoms in total. The number of nitrogens with one attached hydrogen (secondary N) is 1. The third-order valence-corrected chi connectivity index (χ3v) is 7.32. The third-order valence-electron chi connectivity index (χ3n) is 6.44. The Morgan fingerprint density at radius 2 is 1.62 bits per heavy atom. The molecule has 0 aliphatic carbocycles. The van der Waals surface area contributed by atoms with Crippen molar-refractivity contribution in [1.82, 2.24) is 14.8 Å². The summed E-state index contributed by atoms with van der Waals surface area (Å²) in [6.45, 7) is 3.27. The van der Waals surface area contributed by atoms with Crippen LogP contribution in [0.4, 0.5) is 5.69 Å². The number of piperazine rings is 1. The number of fused-ring (bicyclic) bond motifs is 1. The number of para-hydroxylation sites is 1. The Balaban J connectivity index is 1.17. The number of rotatable bonds is 6. The molecule has 1 unspecified atom stereocenters. The van der Waals surface area contributed by atoms with Crippen LogP contribution in [-0.4, -0.2) is 54.7 Å². The molecule has 0 radical (unpaired) electrons. The predicted molar refractivity (Wildman–Crippen MR) is 143 cm³/mol. The maximum absolute atomic E-state index is 13.1. The number of hydrogen-bond donors (Lipinski definition) is 1. The van der Waals surface area contributed by atoms with Gasteiger partial charge >= 0.3 is 0 Å². The van der Waals surface area contributed by atoms with Crippen LogP contribution in [0, 0.1) is 0 Å². The molecule has 170 valence electrons. The zero-order chi connectivity index (χ0) is 23.3. The van der Waals surface area contributed by atoms with Crippen molar-refractivity contribution in [3.05, 3.63) is 102 Å². The molecular formula is C27H27BN4OS. The minimum absolute atomic E-state index is 0.101. The molecule has 1 saturated heterocycles. The highest BCUT2D eigenvalue weighted by atomic mass is 32.2. The maximum atomic E-state index is 13.1. The number of benzene rings is 3. The van der Waals surface area contributed by atoms with E-state index in [0.717, 1.165) is 53.2 Å². The van der Waals surface area contributed by atoms with E-state index in [2.05, 4.69) is 64.9 Å². The van der Waals surface area contributed by atoms with Gasteiger partial charge in [0.1, 0.15) is 7.85 Å². The lowest BCUT2D eigenvalue weighted by molar-refractivity contribution is 0.0619. The number of aromatic nitrogens is 1. The molecule has 0 bridgehead atoms. The topological polar surface area (TPSA) is 48.5 Å². The van der Waals surface area contributed by atoms with E-state index in [1.54, 1.807) is 0 Å². The molecule has 7 heteroatoms. The van der Waals surface area contributed by atoms with Crippen LogP contribution >= 0.6 is 11.9 Å². The molecule has 1 fully saturated rings. The van der Waals surface area contributed by atoms with E-state index >= 15 is 0 Å². The fraction of sp³-hybridized carbons (Fsp3) is 0.185. The minimum Gasteiger partial charge on any atom is -0.336 e. The van der Waals surface area contributed by atoms with Gasteiger partial charge < -0.3 is 14.5 Å². The highest BCUT2D eigenvalue weighted by Crippen LogP contribution is 2.27. The van der Waals surface area contributed by atoms with E-state index < -0.39 is 0 Å². The molecule has 1 aliphatic rings. The van der Waals surface area contributed by atoms with Gasteiger partial charge in [-0.25, -0.2) is 0 Å². The van der Waals surface area contributed by atoms with Crippen LogP contribution in [-0.2, 0) is 0 Å². The summed E-state index contributed by atoms with van der Waals surface area (Å²) in [5.74, 6) is 0.461. The van der Waals surface area contributed by atoms with Gasteiger partial charge in [-0.3, -0.25) is 9.78 Å². The van der Waals surface area contributed by atoms with Crippen molar-refractivity contribution in [3.8, 4) is 0 Å². The third kappa shape index (κ3) is 4.96. The van der Waals surface area contributed by atoms with Crippen molar-refractivity contribution in [2.45, 2.75) is 10.8 Å². The lowest BCUT2D eigenvalue weighted by Gasteiger charge is -2.38. The Hall–Kier alpha value is -3.29. The second kappa shape index (κ2) is 10.3. The van der Waals surface area contributed by atoms with Crippen molar-refractivity contribution >= 4 is 42.3 Å². The molecule has 1 amide bonds. The van der Waals surface area contributed by atoms with Crippen LogP contribution in [0.1, 0.15) is 21.9 Å². The Bertz CT molecular complexity index is 1260. The molecule has 1 aliphatic heterocycles. The number of pyridine rings is 1. The number of hydrogen-bond acceptors (Lipinski definition) is 5. The van der Waals surface area contributed by atoms with E-state index in [0.29, 0.717) is 5.94 Å². The monoisotopic (exact) mass is 466 g/mol. The van der Waals surface area contributed by atoms with Crippen molar-refractivity contribution in [2.24, 2.45) is 0 Å². The van der Waals surface area contributed by atoms with Crippen molar-refractivity contribution in [1.29, 1.82) is 0 Å². The van der Waals surface area contributed by atoms with Gasteiger partial charge in [0, 0.05) is 55.0 Å². The van der Waals surface area contributed by atoms with Crippen molar-refractivity contribution in [2.75, 3.05) is 30.9 Å². The highest BCUT2D eigenvalue weighted by molar-refractivity contribution is 8.00. The summed E-state index contributed by atoms with van der Waals surface area (Å²) in [5.41, 5.74) is 3.99. The van der Waals surface area contributed by atoms with E-state index in [9.17, 15) is 4.79 Å². The Morgan fingerprint density at radius 1 is 0.882 bits per heavy atom. The molecule has 0 spiro atoms. The first-order chi connectivity index (χ1) is 16.7. The smallest absolute Gasteiger partial charge is 0.253 e. The summed E-state index contributed by atoms with van der Waals surface area (Å²) < 4.78 is 3.38. The lowest BCUT2D eigenvalue weighted by atomic mass is 9.87. The highest BCUT2D eigenvalue weighted by Gasteiger charge is 2.25. The molecular weight excluding hydrogens is 439 g/mol. The average molecular weight is 466 g/mol. The SMILES string of the molecule is BC(c1ccccc1)N1CCN(C(=O)c2ccc(NSc3cccc4cccnc34)cc2)CC1. The average Bonchev–Trinajstić information content (AvgIpc) is 2.92. The second-order valence-electron chi connectivity index (χ2n) is 8.53. The maximum Gasteiger partial charge on any atom is 0.253 e. The van der Waals surface area contributed by atoms with Gasteiger partial charge in [-0.2, -0.15) is 0 Å². The molecule has 3 aromatic carbocycles. The Morgan fingerprint density at radius 3 is 2.38 bits per heavy atom. The van der Waals surface area contributed by atoms with Gasteiger partial charge in [0.05, 0.1) is 10.4 Å². The van der Waals surface area contributed by atoms with Crippen molar-refractivity contribution in [3.63, 3.8) is 0 Å². The first kappa shape index (κ1) is 22.5. The quantitative estimate of drug-likeness (QED) is 0.336. The fourth-order valence-corrected chi connectivity index (χ4v) is 5.17. The van der Waals surface area contributed by atoms with Crippen molar-refractivity contribution < 1.29 is 4.79 Å². The van der Waals surface area contributed by atoms with Gasteiger partial charge in [-0.15, -0.1) is 0 Å². The first-order valence-electron chi connectivity index (χ1n) is 11.6. The summed E-state index contributed by atoms with van der Waals surface area (Å²) >= 11 is 1.53. The van der Waals surface area contributed by atoms with Crippen LogP contribution in [0.15, 0.2) is 96.0 Å². The molecule has 2 heterocycles. The summed E-state index contributed by atoms with van der Waals surface area (Å²) in [6, 6.07) is 28.5. The molecule has 4 aromatic rings. The van der Waals surface area contributed by atoms with Gasteiger partial charge in [0.15, 0.2) is 0 Å². The van der Waals surface area contributed by atoms with Crippen LogP contribution in [0.5, 0.6) is 0 Å². The minimum atomic E-state index is 0.101. The summed E-state index contributed by atoms with van der Waals surface area (Å²) in [5, 5.41) is 1.12. The Labute approximate surface area is 205 Å². The standard InChI is InChI=1S/C27H27BN4OS/c28-26(21-6-2-1-3-7-21)31-16-18-32(19-17-31)27(33)22-11-13-23(14-12-22)30-34-24-10-4-8-20-9-5-15-29-25(20)24/h1-15,26,30H,16-19,28H2. The van der Waals surface area contributed by atoms with Crippen LogP contribution in [0.25, 0.3) is 10.9 Å². The number of anilines is 1. The lowest BCUT2D eigenvalue weighted by Crippen LogP contribution is -2.49. The van der Waals surface area contributed by atoms with Gasteiger partial charge in [0.2, 0.25) is 0 Å². The molecule has 1 atom stereocenters. The zero-order valence-electron chi connectivity index (χ0n) is 19.2. The summed E-state index contributed by atoms with van der Waals surface area (Å²) in [6.07, 6.45) is 1.81. The fourth-order valence-electron chi connectivity index (χ4n) is 4.39. The van der Waals surface area contributed by atoms with E-state index in [-0.39, 0.29) is 5.91 Å². The van der Waals surface area contributed by atoms with Gasteiger partial charge in [-0.1, -0.05) is 48.5 Å². The summed E-state index contributed by atoms with van der Waals surface area (Å²) in [4.78, 5) is 23.0. The van der Waals surface area contributed by atoms with Crippen LogP contribution < -0.4 is 4.72 Å². The van der Waals surface area contributed by atoms with Crippen LogP contribution in [0.3, 0.4) is 0 Å². The van der Waals surface area contributed by atoms with Crippen LogP contribution in [0.2, 0.25) is 0 Å². The van der Waals surface area contributed by atoms with Gasteiger partial charge in [0.25, 0.3) is 5.91 Å². The number of carbonyl (C=O) groups is 1. The first-order valence-corrected chi connectivity index (χ1v) is 12.5. The van der Waals surface area contributed by atoms with E-state index in [1.807, 2.05) is 53.6 Å². The van der Waals surface area contributed by atoms with Gasteiger partial charge in [-0.05, 0) is 53.9 Å². The summed E-state index contributed by atoms with van der Waals surface area (Å²) in [7, 11) is 2.24. The molecule has 5 rings (SSSR count). The molecule has 0 saturated carbocycles. The molecule has 1 N–H and O–H groups in total. The molecule has 34 heavy (non-hydrogen) atoms. The zero-order valence-corrected chi connectivity index (χ0v) is 20.0. The van der Waals surface area contributed by atoms with E-state index in [1.165, 1.54) is 17.5 Å². The Kier molecular flexibility index (Phi) is 6.83. The number of carbonyl (C=O) groups excluding carboxylic acids is 1.